The molecule has 0 saturated heterocycles. The molecular formula is C17H18N2O4. The van der Waals surface area contributed by atoms with Crippen LogP contribution in [0.2, 0.25) is 0 Å². The van der Waals surface area contributed by atoms with E-state index in [2.05, 4.69) is 22.4 Å². The highest BCUT2D eigenvalue weighted by atomic mass is 16.5. The maximum absolute atomic E-state index is 12.9. The highest BCUT2D eigenvalue weighted by Crippen LogP contribution is 2.87. The number of nitrogens with zero attached hydrogens (tertiary/aromatic N) is 2. The third-order valence-electron chi connectivity index (χ3n) is 8.21. The van der Waals surface area contributed by atoms with Gasteiger partial charge in [0.15, 0.2) is 5.54 Å². The molecule has 7 aliphatic rings. The molecule has 23 heavy (non-hydrogen) atoms. The molecule has 0 aromatic carbocycles. The molecule has 0 radical (unpaired) electrons. The summed E-state index contributed by atoms with van der Waals surface area (Å²) in [4.78, 5) is 25.8. The number of hydrogen-bond acceptors (Lipinski definition) is 6. The Morgan fingerprint density at radius 3 is 2.26 bits per heavy atom. The third kappa shape index (κ3) is 0.870. The predicted molar refractivity (Wildman–Crippen MR) is 76.0 cm³/mol. The first-order chi connectivity index (χ1) is 11.1. The average Bonchev–Trinajstić information content (AvgIpc) is 3.35. The minimum atomic E-state index is -1.14. The summed E-state index contributed by atoms with van der Waals surface area (Å²) in [7, 11) is 2.78. The number of methoxy groups -OCH3 is 2. The van der Waals surface area contributed by atoms with E-state index in [-0.39, 0.29) is 24.3 Å². The lowest BCUT2D eigenvalue weighted by atomic mass is 9.54. The van der Waals surface area contributed by atoms with Gasteiger partial charge in [-0.1, -0.05) is 12.2 Å². The van der Waals surface area contributed by atoms with E-state index in [0.29, 0.717) is 35.5 Å². The number of hydrogen-bond donors (Lipinski definition) is 0. The summed E-state index contributed by atoms with van der Waals surface area (Å²) in [6, 6.07) is 0. The van der Waals surface area contributed by atoms with Crippen molar-refractivity contribution in [2.45, 2.75) is 5.54 Å². The molecule has 120 valence electrons. The predicted octanol–water partition coefficient (Wildman–Crippen LogP) is 1.08. The van der Waals surface area contributed by atoms with Gasteiger partial charge in [-0.2, -0.15) is 10.2 Å². The van der Waals surface area contributed by atoms with Crippen LogP contribution in [-0.2, 0) is 19.1 Å². The van der Waals surface area contributed by atoms with Gasteiger partial charge in [0.1, 0.15) is 5.41 Å². The van der Waals surface area contributed by atoms with Crippen LogP contribution in [0.25, 0.3) is 0 Å². The van der Waals surface area contributed by atoms with Crippen LogP contribution in [0.5, 0.6) is 0 Å². The Kier molecular flexibility index (Phi) is 1.86. The number of ether oxygens (including phenoxy) is 2. The van der Waals surface area contributed by atoms with Gasteiger partial charge < -0.3 is 9.47 Å². The molecule has 8 bridgehead atoms. The summed E-state index contributed by atoms with van der Waals surface area (Å²) in [6.45, 7) is 0.267. The zero-order chi connectivity index (χ0) is 15.7. The Morgan fingerprint density at radius 2 is 1.61 bits per heavy atom. The molecular weight excluding hydrogens is 296 g/mol. The number of carbonyl (C=O) groups is 2. The summed E-state index contributed by atoms with van der Waals surface area (Å²) in [5.41, 5.74) is -2.08. The number of fused-ring (bicyclic) bond motifs is 1. The van der Waals surface area contributed by atoms with Crippen molar-refractivity contribution >= 4 is 11.9 Å². The lowest BCUT2D eigenvalue weighted by Gasteiger charge is -2.48. The summed E-state index contributed by atoms with van der Waals surface area (Å²) in [6.07, 6.45) is 4.68. The van der Waals surface area contributed by atoms with Gasteiger partial charge in [0.2, 0.25) is 0 Å². The van der Waals surface area contributed by atoms with Crippen LogP contribution in [-0.4, -0.2) is 38.2 Å². The Bertz CT molecular complexity index is 732. The largest absolute Gasteiger partial charge is 0.468 e. The molecule has 1 heterocycles. The van der Waals surface area contributed by atoms with E-state index in [1.807, 2.05) is 0 Å². The normalized spacial score (nSPS) is 60.8. The minimum Gasteiger partial charge on any atom is -0.468 e. The van der Waals surface area contributed by atoms with E-state index in [1.165, 1.54) is 14.2 Å². The standard InChI is InChI=1S/C17H18N2O4/c1-22-14(20)16-5-18-19-17(16,15(21)23-2)13-10-7-4-3-6-8(7)11(13)12(16)9(6)10/h3-4,6-13H,5H2,1-2H3/t6-,7-,8+,9+,10-,11-,12+,13-,16+,17-/m1/s1. The molecule has 6 nitrogen and oxygen atoms in total. The number of carbonyl (C=O) groups excluding carboxylic acids is 2. The molecule has 6 heteroatoms. The summed E-state index contributed by atoms with van der Waals surface area (Å²) < 4.78 is 10.3. The number of rotatable bonds is 2. The van der Waals surface area contributed by atoms with Gasteiger partial charge in [0, 0.05) is 5.92 Å². The van der Waals surface area contributed by atoms with Gasteiger partial charge in [0.25, 0.3) is 0 Å². The fourth-order valence-electron chi connectivity index (χ4n) is 8.20. The van der Waals surface area contributed by atoms with Gasteiger partial charge in [-0.3, -0.25) is 4.79 Å². The maximum Gasteiger partial charge on any atom is 0.337 e. The van der Waals surface area contributed by atoms with E-state index in [0.717, 1.165) is 0 Å². The van der Waals surface area contributed by atoms with Crippen LogP contribution in [0, 0.1) is 52.8 Å². The smallest absolute Gasteiger partial charge is 0.337 e. The molecule has 0 amide bonds. The first-order valence-electron chi connectivity index (χ1n) is 8.39. The second-order valence-corrected chi connectivity index (χ2v) is 8.02. The zero-order valence-electron chi connectivity index (χ0n) is 13.0. The fourth-order valence-corrected chi connectivity index (χ4v) is 8.20. The van der Waals surface area contributed by atoms with Crippen molar-refractivity contribution < 1.29 is 19.1 Å². The minimum absolute atomic E-state index is 0.0894. The number of esters is 2. The maximum atomic E-state index is 12.9. The van der Waals surface area contributed by atoms with Gasteiger partial charge >= 0.3 is 11.9 Å². The quantitative estimate of drug-likeness (QED) is 0.564. The van der Waals surface area contributed by atoms with Crippen molar-refractivity contribution in [2.75, 3.05) is 20.8 Å². The Labute approximate surface area is 133 Å². The van der Waals surface area contributed by atoms with Crippen molar-refractivity contribution in [3.05, 3.63) is 12.2 Å². The molecule has 0 aromatic heterocycles. The average molecular weight is 314 g/mol. The van der Waals surface area contributed by atoms with Crippen molar-refractivity contribution in [2.24, 2.45) is 63.0 Å². The molecule has 1 aliphatic heterocycles. The molecule has 0 aromatic rings. The van der Waals surface area contributed by atoms with Gasteiger partial charge in [0.05, 0.1) is 20.8 Å². The Morgan fingerprint density at radius 1 is 0.957 bits per heavy atom. The second kappa shape index (κ2) is 3.37. The second-order valence-electron chi connectivity index (χ2n) is 8.02. The summed E-state index contributed by atoms with van der Waals surface area (Å²) in [5, 5.41) is 8.64. The van der Waals surface area contributed by atoms with Crippen LogP contribution in [0.4, 0.5) is 0 Å². The summed E-state index contributed by atoms with van der Waals surface area (Å²) >= 11 is 0. The van der Waals surface area contributed by atoms with E-state index < -0.39 is 16.9 Å². The molecule has 0 N–H and O–H groups in total. The van der Waals surface area contributed by atoms with Crippen LogP contribution in [0.15, 0.2) is 22.4 Å². The molecule has 5 fully saturated rings. The van der Waals surface area contributed by atoms with Crippen molar-refractivity contribution in [1.82, 2.24) is 0 Å². The fraction of sp³-hybridized carbons (Fsp3) is 0.765. The van der Waals surface area contributed by atoms with Crippen LogP contribution in [0.1, 0.15) is 0 Å². The highest BCUT2D eigenvalue weighted by molar-refractivity contribution is 5.95. The van der Waals surface area contributed by atoms with Crippen molar-refractivity contribution in [1.29, 1.82) is 0 Å². The number of allylic oxidation sites excluding steroid dienone is 2. The number of azo groups is 1. The first-order valence-corrected chi connectivity index (χ1v) is 8.39. The van der Waals surface area contributed by atoms with E-state index in [1.54, 1.807) is 0 Å². The zero-order valence-corrected chi connectivity index (χ0v) is 13.0. The van der Waals surface area contributed by atoms with Crippen LogP contribution >= 0.6 is 0 Å². The van der Waals surface area contributed by atoms with Gasteiger partial charge in [-0.15, -0.1) is 0 Å². The third-order valence-corrected chi connectivity index (χ3v) is 8.21. The molecule has 5 saturated carbocycles. The summed E-state index contributed by atoms with van der Waals surface area (Å²) in [5.74, 6) is 2.59. The SMILES string of the molecule is COC(=O)[C@@]12CN=N[C@@]1(C(=O)OC)[C@@H]1[C@@H]3[C@@H]4C=C[C@@H]5[C@@H]4[C@@H]1[C@@H]2[C@@H]53. The van der Waals surface area contributed by atoms with Gasteiger partial charge in [-0.25, -0.2) is 4.79 Å². The van der Waals surface area contributed by atoms with Crippen LogP contribution in [0.3, 0.4) is 0 Å². The van der Waals surface area contributed by atoms with E-state index in [4.69, 9.17) is 9.47 Å². The van der Waals surface area contributed by atoms with E-state index >= 15 is 0 Å². The van der Waals surface area contributed by atoms with Crippen LogP contribution < -0.4 is 0 Å². The lowest BCUT2D eigenvalue weighted by molar-refractivity contribution is -0.175. The molecule has 0 spiro atoms. The van der Waals surface area contributed by atoms with Crippen molar-refractivity contribution in [3.63, 3.8) is 0 Å². The topological polar surface area (TPSA) is 77.3 Å². The first kappa shape index (κ1) is 12.7. The van der Waals surface area contributed by atoms with Gasteiger partial charge in [-0.05, 0) is 41.4 Å². The Hall–Kier alpha value is -1.72. The monoisotopic (exact) mass is 314 g/mol. The molecule has 0 unspecified atom stereocenters. The molecule has 6 aliphatic carbocycles. The lowest BCUT2D eigenvalue weighted by Crippen LogP contribution is -2.64. The molecule has 10 atom stereocenters. The Balaban J connectivity index is 1.62. The highest BCUT2D eigenvalue weighted by Gasteiger charge is 2.93. The molecule has 7 rings (SSSR count). The van der Waals surface area contributed by atoms with E-state index in [9.17, 15) is 9.59 Å². The van der Waals surface area contributed by atoms with Crippen molar-refractivity contribution in [3.8, 4) is 0 Å².